The van der Waals surface area contributed by atoms with Gasteiger partial charge in [-0.1, -0.05) is 23.2 Å². The Morgan fingerprint density at radius 2 is 1.96 bits per heavy atom. The second-order valence-corrected chi connectivity index (χ2v) is 7.21. The second kappa shape index (κ2) is 6.25. The Bertz CT molecular complexity index is 979. The maximum atomic E-state index is 14.1. The van der Waals surface area contributed by atoms with Gasteiger partial charge in [-0.2, -0.15) is 0 Å². The highest BCUT2D eigenvalue weighted by molar-refractivity contribution is 6.42. The number of carbonyl (C=O) groups excluding carboxylic acids is 1. The van der Waals surface area contributed by atoms with Crippen LogP contribution in [0.15, 0.2) is 23.1 Å². The lowest BCUT2D eigenvalue weighted by Gasteiger charge is -2.36. The number of halogens is 4. The summed E-state index contributed by atoms with van der Waals surface area (Å²) in [6, 6.07) is 1.14. The highest BCUT2D eigenvalue weighted by Crippen LogP contribution is 2.44. The molecule has 1 saturated heterocycles. The molecule has 1 fully saturated rings. The number of aromatic amines is 1. The van der Waals surface area contributed by atoms with E-state index in [0.29, 0.717) is 24.0 Å². The van der Waals surface area contributed by atoms with Crippen LogP contribution < -0.4 is 10.9 Å². The van der Waals surface area contributed by atoms with Gasteiger partial charge in [0.2, 0.25) is 0 Å². The molecule has 0 unspecified atom stereocenters. The zero-order valence-electron chi connectivity index (χ0n) is 13.3. The Morgan fingerprint density at radius 1 is 1.23 bits per heavy atom. The summed E-state index contributed by atoms with van der Waals surface area (Å²) in [4.78, 5) is 28.2. The van der Waals surface area contributed by atoms with Crippen molar-refractivity contribution in [3.8, 4) is 0 Å². The fourth-order valence-electron chi connectivity index (χ4n) is 3.79. The topological polar surface area (TPSA) is 65.2 Å². The van der Waals surface area contributed by atoms with E-state index in [-0.39, 0.29) is 34.2 Å². The summed E-state index contributed by atoms with van der Waals surface area (Å²) in [7, 11) is 0. The standard InChI is InChI=1S/C17H13Cl2F2N3O2/c18-10-4-12(20)13(5-11(10)19)23-17(26)24-7-1-2-14(24)9-6-22-16(25)15(21)8(9)3-7/h4-7,14H,1-3H2,(H,22,25)(H,23,26)/t7-,14+/m1/s1. The van der Waals surface area contributed by atoms with Crippen LogP contribution in [0.4, 0.5) is 19.3 Å². The number of pyridine rings is 1. The Hall–Kier alpha value is -2.12. The molecule has 2 aliphatic rings. The Kier molecular flexibility index (Phi) is 4.16. The van der Waals surface area contributed by atoms with Crippen LogP contribution in [-0.2, 0) is 6.42 Å². The molecule has 9 heteroatoms. The maximum absolute atomic E-state index is 14.1. The van der Waals surface area contributed by atoms with Crippen LogP contribution >= 0.6 is 23.2 Å². The average molecular weight is 400 g/mol. The number of fused-ring (bicyclic) bond motifs is 4. The smallest absolute Gasteiger partial charge is 0.322 e. The number of H-pyrrole nitrogens is 1. The summed E-state index contributed by atoms with van der Waals surface area (Å²) in [5.74, 6) is -1.50. The third-order valence-corrected chi connectivity index (χ3v) is 5.68. The van der Waals surface area contributed by atoms with Crippen LogP contribution in [-0.4, -0.2) is 22.0 Å². The lowest BCUT2D eigenvalue weighted by atomic mass is 9.95. The third kappa shape index (κ3) is 2.66. The quantitative estimate of drug-likeness (QED) is 0.703. The number of carbonyl (C=O) groups is 1. The Labute approximate surface area is 156 Å². The summed E-state index contributed by atoms with van der Waals surface area (Å²) in [5, 5.41) is 2.68. The number of nitrogens with zero attached hydrogens (tertiary/aromatic N) is 1. The third-order valence-electron chi connectivity index (χ3n) is 4.96. The second-order valence-electron chi connectivity index (χ2n) is 6.40. The van der Waals surface area contributed by atoms with Crippen molar-refractivity contribution in [2.24, 2.45) is 0 Å². The molecule has 0 aliphatic carbocycles. The van der Waals surface area contributed by atoms with Crippen LogP contribution in [0.25, 0.3) is 0 Å². The van der Waals surface area contributed by atoms with Crippen LogP contribution in [0.3, 0.4) is 0 Å². The lowest BCUT2D eigenvalue weighted by molar-refractivity contribution is 0.178. The molecular weight excluding hydrogens is 387 g/mol. The van der Waals surface area contributed by atoms with Gasteiger partial charge in [-0.3, -0.25) is 4.79 Å². The van der Waals surface area contributed by atoms with Crippen molar-refractivity contribution in [2.45, 2.75) is 31.3 Å². The van der Waals surface area contributed by atoms with Gasteiger partial charge in [0.25, 0.3) is 5.56 Å². The van der Waals surface area contributed by atoms with Crippen molar-refractivity contribution in [2.75, 3.05) is 5.32 Å². The molecule has 1 aromatic heterocycles. The highest BCUT2D eigenvalue weighted by Gasteiger charge is 2.44. The van der Waals surface area contributed by atoms with Crippen molar-refractivity contribution >= 4 is 34.9 Å². The van der Waals surface area contributed by atoms with E-state index in [4.69, 9.17) is 23.2 Å². The van der Waals surface area contributed by atoms with Crippen molar-refractivity contribution in [1.29, 1.82) is 0 Å². The number of hydrogen-bond donors (Lipinski definition) is 2. The summed E-state index contributed by atoms with van der Waals surface area (Å²) in [5.41, 5.74) is 0.0906. The highest BCUT2D eigenvalue weighted by atomic mass is 35.5. The van der Waals surface area contributed by atoms with Crippen LogP contribution in [0.2, 0.25) is 10.0 Å². The van der Waals surface area contributed by atoms with Crippen molar-refractivity contribution in [1.82, 2.24) is 9.88 Å². The van der Waals surface area contributed by atoms with E-state index < -0.39 is 23.2 Å². The minimum atomic E-state index is -0.796. The molecule has 2 aliphatic heterocycles. The van der Waals surface area contributed by atoms with Gasteiger partial charge in [0.1, 0.15) is 5.82 Å². The van der Waals surface area contributed by atoms with E-state index in [1.807, 2.05) is 0 Å². The first-order valence-electron chi connectivity index (χ1n) is 8.00. The number of urea groups is 1. The molecule has 1 aromatic carbocycles. The number of benzene rings is 1. The summed E-state index contributed by atoms with van der Waals surface area (Å²) >= 11 is 11.6. The van der Waals surface area contributed by atoms with E-state index in [1.54, 1.807) is 4.90 Å². The van der Waals surface area contributed by atoms with Crippen molar-refractivity contribution < 1.29 is 13.6 Å². The SMILES string of the molecule is O=C(Nc1cc(Cl)c(Cl)cc1F)N1[C@@H]2CC[C@H]1c1c[nH]c(=O)c(F)c1C2. The van der Waals surface area contributed by atoms with E-state index in [2.05, 4.69) is 10.3 Å². The summed E-state index contributed by atoms with van der Waals surface area (Å²) < 4.78 is 28.2. The molecule has 2 N–H and O–H groups in total. The van der Waals surface area contributed by atoms with E-state index >= 15 is 0 Å². The molecule has 0 radical (unpaired) electrons. The molecule has 2 bridgehead atoms. The molecular formula is C17H13Cl2F2N3O2. The predicted octanol–water partition coefficient (Wildman–Crippen LogP) is 4.25. The molecule has 0 spiro atoms. The first-order valence-corrected chi connectivity index (χ1v) is 8.76. The zero-order valence-corrected chi connectivity index (χ0v) is 14.8. The number of amides is 2. The number of nitrogens with one attached hydrogen (secondary N) is 2. The first-order chi connectivity index (χ1) is 12.4. The summed E-state index contributed by atoms with van der Waals surface area (Å²) in [6.45, 7) is 0. The first kappa shape index (κ1) is 17.3. The molecule has 136 valence electrons. The Morgan fingerprint density at radius 3 is 2.73 bits per heavy atom. The molecule has 3 heterocycles. The number of anilines is 1. The number of aromatic nitrogens is 1. The van der Waals surface area contributed by atoms with Gasteiger partial charge in [0.15, 0.2) is 5.82 Å². The monoisotopic (exact) mass is 399 g/mol. The molecule has 2 atom stereocenters. The molecule has 4 rings (SSSR count). The Balaban J connectivity index is 1.65. The minimum absolute atomic E-state index is 0.0496. The van der Waals surface area contributed by atoms with E-state index in [9.17, 15) is 18.4 Å². The number of hydrogen-bond acceptors (Lipinski definition) is 2. The molecule has 2 amide bonds. The zero-order chi connectivity index (χ0) is 18.6. The van der Waals surface area contributed by atoms with Gasteiger partial charge in [0, 0.05) is 17.8 Å². The average Bonchev–Trinajstić information content (AvgIpc) is 2.91. The fourth-order valence-corrected chi connectivity index (χ4v) is 4.11. The summed E-state index contributed by atoms with van der Waals surface area (Å²) in [6.07, 6.45) is 3.01. The van der Waals surface area contributed by atoms with Gasteiger partial charge >= 0.3 is 6.03 Å². The minimum Gasteiger partial charge on any atom is -0.326 e. The van der Waals surface area contributed by atoms with Gasteiger partial charge < -0.3 is 15.2 Å². The maximum Gasteiger partial charge on any atom is 0.322 e. The normalized spacial score (nSPS) is 20.8. The van der Waals surface area contributed by atoms with Gasteiger partial charge in [-0.15, -0.1) is 0 Å². The van der Waals surface area contributed by atoms with Crippen molar-refractivity contribution in [3.05, 3.63) is 61.5 Å². The fraction of sp³-hybridized carbons (Fsp3) is 0.294. The molecule has 5 nitrogen and oxygen atoms in total. The van der Waals surface area contributed by atoms with Crippen LogP contribution in [0, 0.1) is 11.6 Å². The largest absolute Gasteiger partial charge is 0.326 e. The molecule has 2 aromatic rings. The van der Waals surface area contributed by atoms with Gasteiger partial charge in [-0.25, -0.2) is 13.6 Å². The van der Waals surface area contributed by atoms with E-state index in [0.717, 1.165) is 6.07 Å². The molecule has 0 saturated carbocycles. The predicted molar refractivity (Wildman–Crippen MR) is 93.8 cm³/mol. The van der Waals surface area contributed by atoms with E-state index in [1.165, 1.54) is 12.3 Å². The number of rotatable bonds is 1. The van der Waals surface area contributed by atoms with Gasteiger partial charge in [-0.05, 0) is 37.0 Å². The molecule has 26 heavy (non-hydrogen) atoms. The lowest BCUT2D eigenvalue weighted by Crippen LogP contribution is -2.45. The van der Waals surface area contributed by atoms with Crippen LogP contribution in [0.1, 0.15) is 30.0 Å². The van der Waals surface area contributed by atoms with Gasteiger partial charge in [0.05, 0.1) is 21.8 Å². The van der Waals surface area contributed by atoms with Crippen molar-refractivity contribution in [3.63, 3.8) is 0 Å². The van der Waals surface area contributed by atoms with Crippen LogP contribution in [0.5, 0.6) is 0 Å².